The minimum absolute atomic E-state index is 0.442. The van der Waals surface area contributed by atoms with Gasteiger partial charge in [-0.1, -0.05) is 6.07 Å². The van der Waals surface area contributed by atoms with Crippen LogP contribution in [-0.4, -0.2) is 24.7 Å². The molecule has 1 heterocycles. The molecule has 6 heteroatoms. The van der Waals surface area contributed by atoms with Crippen LogP contribution < -0.4 is 10.6 Å². The van der Waals surface area contributed by atoms with Crippen molar-refractivity contribution in [1.82, 2.24) is 5.32 Å². The zero-order valence-corrected chi connectivity index (χ0v) is 11.2. The molecule has 2 rings (SSSR count). The summed E-state index contributed by atoms with van der Waals surface area (Å²) in [6.45, 7) is 2.21. The summed E-state index contributed by atoms with van der Waals surface area (Å²) in [5.74, 6) is -0.442. The molecular formula is C14H17F3N2O. The summed E-state index contributed by atoms with van der Waals surface area (Å²) in [5, 5.41) is 5.61. The predicted octanol–water partition coefficient (Wildman–Crippen LogP) is 3.12. The topological polar surface area (TPSA) is 41.1 Å². The maximum absolute atomic E-state index is 12.3. The monoisotopic (exact) mass is 286 g/mol. The van der Waals surface area contributed by atoms with E-state index < -0.39 is 24.5 Å². The lowest BCUT2D eigenvalue weighted by atomic mass is 9.97. The van der Waals surface area contributed by atoms with E-state index in [1.165, 1.54) is 6.92 Å². The standard InChI is InChI=1S/C14H17F3N2O/c1-9(8-14(15,16)17)19-13(20)11-4-2-6-12-10(11)5-3-7-18-12/h2,4,6,9,18H,3,5,7-8H2,1H3,(H,19,20). The number of alkyl halides is 3. The van der Waals surface area contributed by atoms with Crippen LogP contribution in [-0.2, 0) is 6.42 Å². The van der Waals surface area contributed by atoms with Crippen molar-refractivity contribution in [3.05, 3.63) is 29.3 Å². The van der Waals surface area contributed by atoms with Gasteiger partial charge in [0.1, 0.15) is 0 Å². The molecule has 0 aromatic heterocycles. The first kappa shape index (κ1) is 14.7. The Balaban J connectivity index is 2.10. The highest BCUT2D eigenvalue weighted by Crippen LogP contribution is 2.26. The van der Waals surface area contributed by atoms with E-state index in [1.807, 2.05) is 6.07 Å². The lowest BCUT2D eigenvalue weighted by Crippen LogP contribution is -2.36. The molecule has 0 saturated heterocycles. The van der Waals surface area contributed by atoms with Gasteiger partial charge in [0.2, 0.25) is 0 Å². The van der Waals surface area contributed by atoms with E-state index in [0.717, 1.165) is 30.6 Å². The summed E-state index contributed by atoms with van der Waals surface area (Å²) >= 11 is 0. The van der Waals surface area contributed by atoms with Crippen LogP contribution in [0.4, 0.5) is 18.9 Å². The van der Waals surface area contributed by atoms with Gasteiger partial charge in [-0.15, -0.1) is 0 Å². The van der Waals surface area contributed by atoms with Gasteiger partial charge in [0.05, 0.1) is 6.42 Å². The average Bonchev–Trinajstić information content (AvgIpc) is 2.35. The third kappa shape index (κ3) is 3.65. The van der Waals surface area contributed by atoms with Crippen LogP contribution in [0.5, 0.6) is 0 Å². The molecule has 1 aromatic rings. The van der Waals surface area contributed by atoms with Gasteiger partial charge in [-0.3, -0.25) is 4.79 Å². The molecular weight excluding hydrogens is 269 g/mol. The van der Waals surface area contributed by atoms with Gasteiger partial charge in [0.15, 0.2) is 0 Å². The molecule has 1 aliphatic rings. The molecule has 1 aromatic carbocycles. The molecule has 0 saturated carbocycles. The van der Waals surface area contributed by atoms with Crippen LogP contribution >= 0.6 is 0 Å². The molecule has 2 N–H and O–H groups in total. The van der Waals surface area contributed by atoms with E-state index in [0.29, 0.717) is 5.56 Å². The number of carbonyl (C=O) groups excluding carboxylic acids is 1. The second kappa shape index (κ2) is 5.73. The highest BCUT2D eigenvalue weighted by molar-refractivity contribution is 5.97. The molecule has 0 spiro atoms. The molecule has 1 unspecified atom stereocenters. The Morgan fingerprint density at radius 1 is 1.45 bits per heavy atom. The Morgan fingerprint density at radius 2 is 2.20 bits per heavy atom. The Bertz CT molecular complexity index is 500. The first-order valence-electron chi connectivity index (χ1n) is 6.60. The molecule has 3 nitrogen and oxygen atoms in total. The highest BCUT2D eigenvalue weighted by Gasteiger charge is 2.31. The fourth-order valence-electron chi connectivity index (χ4n) is 2.42. The van der Waals surface area contributed by atoms with E-state index in [2.05, 4.69) is 10.6 Å². The number of hydrogen-bond acceptors (Lipinski definition) is 2. The minimum atomic E-state index is -4.27. The zero-order chi connectivity index (χ0) is 14.8. The number of nitrogens with one attached hydrogen (secondary N) is 2. The predicted molar refractivity (Wildman–Crippen MR) is 70.9 cm³/mol. The summed E-state index contributed by atoms with van der Waals surface area (Å²) in [5.41, 5.74) is 2.24. The van der Waals surface area contributed by atoms with Crippen LogP contribution in [0.25, 0.3) is 0 Å². The zero-order valence-electron chi connectivity index (χ0n) is 11.2. The number of fused-ring (bicyclic) bond motifs is 1. The van der Waals surface area contributed by atoms with E-state index in [9.17, 15) is 18.0 Å². The lowest BCUT2D eigenvalue weighted by Gasteiger charge is -2.22. The van der Waals surface area contributed by atoms with Crippen molar-refractivity contribution in [3.63, 3.8) is 0 Å². The number of carbonyl (C=O) groups is 1. The van der Waals surface area contributed by atoms with Crippen molar-refractivity contribution in [2.24, 2.45) is 0 Å². The first-order valence-corrected chi connectivity index (χ1v) is 6.60. The number of rotatable bonds is 3. The number of anilines is 1. The van der Waals surface area contributed by atoms with Gasteiger partial charge in [-0.25, -0.2) is 0 Å². The first-order chi connectivity index (χ1) is 9.37. The summed E-state index contributed by atoms with van der Waals surface area (Å²) < 4.78 is 36.8. The molecule has 1 aliphatic heterocycles. The van der Waals surface area contributed by atoms with E-state index >= 15 is 0 Å². The molecule has 20 heavy (non-hydrogen) atoms. The van der Waals surface area contributed by atoms with E-state index in [4.69, 9.17) is 0 Å². The minimum Gasteiger partial charge on any atom is -0.385 e. The average molecular weight is 286 g/mol. The van der Waals surface area contributed by atoms with Gasteiger partial charge >= 0.3 is 6.18 Å². The second-order valence-corrected chi connectivity index (χ2v) is 5.06. The van der Waals surface area contributed by atoms with Crippen molar-refractivity contribution in [2.45, 2.75) is 38.4 Å². The molecule has 1 amide bonds. The quantitative estimate of drug-likeness (QED) is 0.896. The molecule has 0 aliphatic carbocycles. The van der Waals surface area contributed by atoms with Crippen molar-refractivity contribution in [2.75, 3.05) is 11.9 Å². The number of amides is 1. The summed E-state index contributed by atoms with van der Waals surface area (Å²) in [6, 6.07) is 4.33. The summed E-state index contributed by atoms with van der Waals surface area (Å²) in [4.78, 5) is 12.1. The Labute approximate surface area is 115 Å². The summed E-state index contributed by atoms with van der Waals surface area (Å²) in [7, 11) is 0. The SMILES string of the molecule is CC(CC(F)(F)F)NC(=O)c1cccc2c1CCCN2. The smallest absolute Gasteiger partial charge is 0.385 e. The van der Waals surface area contributed by atoms with Crippen LogP contribution in [0, 0.1) is 0 Å². The molecule has 0 bridgehead atoms. The fourth-order valence-corrected chi connectivity index (χ4v) is 2.42. The number of benzene rings is 1. The van der Waals surface area contributed by atoms with Crippen molar-refractivity contribution < 1.29 is 18.0 Å². The van der Waals surface area contributed by atoms with Crippen LogP contribution in [0.1, 0.15) is 35.7 Å². The molecule has 0 fully saturated rings. The third-order valence-corrected chi connectivity index (χ3v) is 3.25. The normalized spacial score (nSPS) is 16.0. The fraction of sp³-hybridized carbons (Fsp3) is 0.500. The number of hydrogen-bond donors (Lipinski definition) is 2. The Hall–Kier alpha value is -1.72. The molecule has 0 radical (unpaired) electrons. The van der Waals surface area contributed by atoms with Crippen LogP contribution in [0.2, 0.25) is 0 Å². The van der Waals surface area contributed by atoms with Gasteiger partial charge in [-0.05, 0) is 37.5 Å². The maximum Gasteiger partial charge on any atom is 0.391 e. The second-order valence-electron chi connectivity index (χ2n) is 5.06. The third-order valence-electron chi connectivity index (χ3n) is 3.25. The van der Waals surface area contributed by atoms with Gasteiger partial charge < -0.3 is 10.6 Å². The molecule has 110 valence electrons. The molecule has 1 atom stereocenters. The Morgan fingerprint density at radius 3 is 2.90 bits per heavy atom. The largest absolute Gasteiger partial charge is 0.391 e. The van der Waals surface area contributed by atoms with Crippen molar-refractivity contribution in [1.29, 1.82) is 0 Å². The van der Waals surface area contributed by atoms with Gasteiger partial charge in [0.25, 0.3) is 5.91 Å². The van der Waals surface area contributed by atoms with Crippen LogP contribution in [0.3, 0.4) is 0 Å². The van der Waals surface area contributed by atoms with Crippen molar-refractivity contribution >= 4 is 11.6 Å². The van der Waals surface area contributed by atoms with Gasteiger partial charge in [-0.2, -0.15) is 13.2 Å². The maximum atomic E-state index is 12.3. The lowest BCUT2D eigenvalue weighted by molar-refractivity contribution is -0.138. The van der Waals surface area contributed by atoms with Crippen LogP contribution in [0.15, 0.2) is 18.2 Å². The Kier molecular flexibility index (Phi) is 4.20. The van der Waals surface area contributed by atoms with Crippen molar-refractivity contribution in [3.8, 4) is 0 Å². The number of halogens is 3. The van der Waals surface area contributed by atoms with Gasteiger partial charge in [0, 0.05) is 23.8 Å². The summed E-state index contributed by atoms with van der Waals surface area (Å²) in [6.07, 6.45) is -3.62. The van der Waals surface area contributed by atoms with E-state index in [-0.39, 0.29) is 0 Å². The van der Waals surface area contributed by atoms with E-state index in [1.54, 1.807) is 12.1 Å². The highest BCUT2D eigenvalue weighted by atomic mass is 19.4.